The molecule has 0 fully saturated rings. The van der Waals surface area contributed by atoms with E-state index < -0.39 is 0 Å². The second-order valence-corrected chi connectivity index (χ2v) is 4.77. The number of hydrogen-bond acceptors (Lipinski definition) is 6. The van der Waals surface area contributed by atoms with Crippen LogP contribution in [0.3, 0.4) is 0 Å². The molecule has 2 aromatic heterocycles. The van der Waals surface area contributed by atoms with E-state index in [0.717, 1.165) is 5.56 Å². The molecule has 0 aliphatic carbocycles. The molecule has 0 unspecified atom stereocenters. The van der Waals surface area contributed by atoms with Crippen molar-refractivity contribution in [2.75, 3.05) is 18.1 Å². The zero-order valence-corrected chi connectivity index (χ0v) is 13.0. The fourth-order valence-corrected chi connectivity index (χ4v) is 1.98. The lowest BCUT2D eigenvalue weighted by Crippen LogP contribution is -2.18. The average molecular weight is 312 g/mol. The van der Waals surface area contributed by atoms with Crippen LogP contribution < -0.4 is 17.2 Å². The third-order valence-corrected chi connectivity index (χ3v) is 3.13. The van der Waals surface area contributed by atoms with E-state index in [0.29, 0.717) is 30.0 Å². The van der Waals surface area contributed by atoms with E-state index in [-0.39, 0.29) is 17.5 Å². The predicted molar refractivity (Wildman–Crippen MR) is 92.4 cm³/mol. The maximum absolute atomic E-state index is 6.04. The van der Waals surface area contributed by atoms with Crippen LogP contribution in [0.5, 0.6) is 0 Å². The summed E-state index contributed by atoms with van der Waals surface area (Å²) in [5.41, 5.74) is 19.8. The van der Waals surface area contributed by atoms with E-state index in [4.69, 9.17) is 21.9 Å². The highest BCUT2D eigenvalue weighted by molar-refractivity contribution is 6.02. The molecule has 2 aromatic rings. The Morgan fingerprint density at radius 3 is 2.70 bits per heavy atom. The molecule has 0 saturated heterocycles. The Labute approximate surface area is 134 Å². The molecule has 0 aliphatic rings. The highest BCUT2D eigenvalue weighted by Gasteiger charge is 2.13. The van der Waals surface area contributed by atoms with E-state index in [1.54, 1.807) is 18.5 Å². The van der Waals surface area contributed by atoms with E-state index >= 15 is 0 Å². The summed E-state index contributed by atoms with van der Waals surface area (Å²) in [4.78, 5) is 12.4. The summed E-state index contributed by atoms with van der Waals surface area (Å²) in [6.07, 6.45) is 3.42. The zero-order valence-electron chi connectivity index (χ0n) is 13.0. The van der Waals surface area contributed by atoms with Gasteiger partial charge >= 0.3 is 0 Å². The lowest BCUT2D eigenvalue weighted by molar-refractivity contribution is 0.299. The SMILES string of the molecule is C=C(OCC)c1cc(C(N)=NCc2cccnc2)c(N)nc1N. The topological polar surface area (TPSA) is 125 Å². The van der Waals surface area contributed by atoms with E-state index in [2.05, 4.69) is 21.5 Å². The molecule has 0 saturated carbocycles. The molecule has 23 heavy (non-hydrogen) atoms. The first-order valence-corrected chi connectivity index (χ1v) is 7.10. The molecule has 0 bridgehead atoms. The average Bonchev–Trinajstić information content (AvgIpc) is 2.54. The smallest absolute Gasteiger partial charge is 0.136 e. The highest BCUT2D eigenvalue weighted by atomic mass is 16.5. The van der Waals surface area contributed by atoms with Crippen LogP contribution in [-0.4, -0.2) is 22.4 Å². The molecule has 0 aliphatic heterocycles. The molecular weight excluding hydrogens is 292 g/mol. The molecule has 7 nitrogen and oxygen atoms in total. The second-order valence-electron chi connectivity index (χ2n) is 4.77. The highest BCUT2D eigenvalue weighted by Crippen LogP contribution is 2.24. The minimum Gasteiger partial charge on any atom is -0.494 e. The molecule has 0 atom stereocenters. The molecule has 0 radical (unpaired) electrons. The maximum atomic E-state index is 6.04. The number of anilines is 2. The maximum Gasteiger partial charge on any atom is 0.136 e. The minimum atomic E-state index is 0.211. The minimum absolute atomic E-state index is 0.211. The second kappa shape index (κ2) is 7.26. The molecule has 0 aromatic carbocycles. The van der Waals surface area contributed by atoms with E-state index in [1.165, 1.54) is 0 Å². The zero-order chi connectivity index (χ0) is 16.8. The number of ether oxygens (including phenoxy) is 1. The van der Waals surface area contributed by atoms with Crippen LogP contribution in [0.25, 0.3) is 5.76 Å². The first-order chi connectivity index (χ1) is 11.0. The van der Waals surface area contributed by atoms with Crippen molar-refractivity contribution in [2.45, 2.75) is 13.5 Å². The van der Waals surface area contributed by atoms with Crippen LogP contribution in [-0.2, 0) is 11.3 Å². The number of hydrogen-bond donors (Lipinski definition) is 3. The van der Waals surface area contributed by atoms with Gasteiger partial charge < -0.3 is 21.9 Å². The van der Waals surface area contributed by atoms with Gasteiger partial charge in [0.2, 0.25) is 0 Å². The molecule has 120 valence electrons. The van der Waals surface area contributed by atoms with Crippen LogP contribution >= 0.6 is 0 Å². The number of nitrogen functional groups attached to an aromatic ring is 2. The monoisotopic (exact) mass is 312 g/mol. The van der Waals surface area contributed by atoms with Crippen molar-refractivity contribution < 1.29 is 4.74 Å². The fourth-order valence-electron chi connectivity index (χ4n) is 1.98. The molecule has 6 N–H and O–H groups in total. The summed E-state index contributed by atoms with van der Waals surface area (Å²) in [7, 11) is 0. The largest absolute Gasteiger partial charge is 0.494 e. The number of amidine groups is 1. The summed E-state index contributed by atoms with van der Waals surface area (Å²) < 4.78 is 5.37. The lowest BCUT2D eigenvalue weighted by atomic mass is 10.1. The Morgan fingerprint density at radius 2 is 2.04 bits per heavy atom. The van der Waals surface area contributed by atoms with Crippen LogP contribution in [0.2, 0.25) is 0 Å². The Hall–Kier alpha value is -3.09. The van der Waals surface area contributed by atoms with Gasteiger partial charge in [0.1, 0.15) is 23.2 Å². The van der Waals surface area contributed by atoms with Gasteiger partial charge in [-0.05, 0) is 24.6 Å². The number of aromatic nitrogens is 2. The molecular formula is C16H20N6O. The van der Waals surface area contributed by atoms with Gasteiger partial charge in [-0.2, -0.15) is 0 Å². The standard InChI is InChI=1S/C16H20N6O/c1-3-23-10(2)12-7-13(16(19)22-15(12)18)14(17)21-9-11-5-4-6-20-8-11/h4-8H,2-3,9H2,1H3,(H2,17,21)(H4,18,19,22). The van der Waals surface area contributed by atoms with Gasteiger partial charge in [0.25, 0.3) is 0 Å². The lowest BCUT2D eigenvalue weighted by Gasteiger charge is -2.12. The van der Waals surface area contributed by atoms with Gasteiger partial charge in [0.05, 0.1) is 24.3 Å². The van der Waals surface area contributed by atoms with Crippen molar-refractivity contribution in [3.63, 3.8) is 0 Å². The van der Waals surface area contributed by atoms with Gasteiger partial charge in [0.15, 0.2) is 0 Å². The van der Waals surface area contributed by atoms with Crippen LogP contribution in [0.15, 0.2) is 42.2 Å². The molecule has 2 rings (SSSR count). The summed E-state index contributed by atoms with van der Waals surface area (Å²) in [6.45, 7) is 6.55. The number of aliphatic imine (C=N–C) groups is 1. The van der Waals surface area contributed by atoms with Crippen molar-refractivity contribution in [1.29, 1.82) is 0 Å². The van der Waals surface area contributed by atoms with Crippen molar-refractivity contribution in [3.05, 3.63) is 53.9 Å². The first kappa shape index (κ1) is 16.3. The van der Waals surface area contributed by atoms with Crippen LogP contribution in [0.1, 0.15) is 23.6 Å². The predicted octanol–water partition coefficient (Wildman–Crippen LogP) is 1.55. The Bertz CT molecular complexity index is 727. The van der Waals surface area contributed by atoms with Crippen LogP contribution in [0, 0.1) is 0 Å². The van der Waals surface area contributed by atoms with Crippen molar-refractivity contribution in [2.24, 2.45) is 10.7 Å². The molecule has 2 heterocycles. The summed E-state index contributed by atoms with van der Waals surface area (Å²) >= 11 is 0. The van der Waals surface area contributed by atoms with Gasteiger partial charge in [0, 0.05) is 12.4 Å². The summed E-state index contributed by atoms with van der Waals surface area (Å²) in [6, 6.07) is 5.44. The van der Waals surface area contributed by atoms with Crippen molar-refractivity contribution >= 4 is 23.2 Å². The quantitative estimate of drug-likeness (QED) is 0.422. The third kappa shape index (κ3) is 3.97. The Kier molecular flexibility index (Phi) is 5.14. The van der Waals surface area contributed by atoms with Gasteiger partial charge in [-0.1, -0.05) is 12.6 Å². The number of pyridine rings is 2. The first-order valence-electron chi connectivity index (χ1n) is 7.10. The summed E-state index contributed by atoms with van der Waals surface area (Å²) in [5.74, 6) is 1.14. The van der Waals surface area contributed by atoms with Crippen molar-refractivity contribution in [3.8, 4) is 0 Å². The third-order valence-electron chi connectivity index (χ3n) is 3.13. The molecule has 0 spiro atoms. The number of nitrogens with two attached hydrogens (primary N) is 3. The molecule has 0 amide bonds. The Morgan fingerprint density at radius 1 is 1.30 bits per heavy atom. The van der Waals surface area contributed by atoms with Crippen molar-refractivity contribution in [1.82, 2.24) is 9.97 Å². The number of rotatable bonds is 6. The van der Waals surface area contributed by atoms with E-state index in [9.17, 15) is 0 Å². The molecule has 7 heteroatoms. The van der Waals surface area contributed by atoms with Gasteiger partial charge in [-0.3, -0.25) is 9.98 Å². The fraction of sp³-hybridized carbons (Fsp3) is 0.188. The van der Waals surface area contributed by atoms with Crippen LogP contribution in [0.4, 0.5) is 11.6 Å². The van der Waals surface area contributed by atoms with Gasteiger partial charge in [-0.15, -0.1) is 0 Å². The number of nitrogens with zero attached hydrogens (tertiary/aromatic N) is 3. The Balaban J connectivity index is 2.30. The normalized spacial score (nSPS) is 11.3. The van der Waals surface area contributed by atoms with Gasteiger partial charge in [-0.25, -0.2) is 4.98 Å². The van der Waals surface area contributed by atoms with E-state index in [1.807, 2.05) is 19.1 Å². The summed E-state index contributed by atoms with van der Waals surface area (Å²) in [5, 5.41) is 0.